The quantitative estimate of drug-likeness (QED) is 0.652. The van der Waals surface area contributed by atoms with Crippen molar-refractivity contribution in [1.29, 1.82) is 5.26 Å². The molecule has 2 heterocycles. The molecule has 2 aromatic rings. The molecule has 7 nitrogen and oxygen atoms in total. The Morgan fingerprint density at radius 1 is 1.11 bits per heavy atom. The van der Waals surface area contributed by atoms with E-state index in [1.165, 1.54) is 12.1 Å². The minimum absolute atomic E-state index is 0.195. The van der Waals surface area contributed by atoms with Gasteiger partial charge in [-0.15, -0.1) is 0 Å². The zero-order valence-corrected chi connectivity index (χ0v) is 20.2. The Labute approximate surface area is 207 Å². The van der Waals surface area contributed by atoms with E-state index in [1.807, 2.05) is 36.9 Å². The van der Waals surface area contributed by atoms with Crippen LogP contribution in [0.3, 0.4) is 0 Å². The zero-order valence-electron chi connectivity index (χ0n) is 20.2. The Hall–Kier alpha value is -3.74. The summed E-state index contributed by atoms with van der Waals surface area (Å²) in [7, 11) is 0. The van der Waals surface area contributed by atoms with Gasteiger partial charge in [0.05, 0.1) is 23.1 Å². The predicted octanol–water partition coefficient (Wildman–Crippen LogP) is 4.43. The fourth-order valence-electron chi connectivity index (χ4n) is 5.54. The molecule has 0 aliphatic carbocycles. The molecule has 1 atom stereocenters. The van der Waals surface area contributed by atoms with E-state index in [0.29, 0.717) is 43.9 Å². The summed E-state index contributed by atoms with van der Waals surface area (Å²) in [6, 6.07) is 10.7. The van der Waals surface area contributed by atoms with Gasteiger partial charge in [-0.3, -0.25) is 4.79 Å². The number of piperidine rings is 1. The highest BCUT2D eigenvalue weighted by atomic mass is 19.4. The first kappa shape index (κ1) is 25.4. The van der Waals surface area contributed by atoms with Crippen molar-refractivity contribution < 1.29 is 22.8 Å². The van der Waals surface area contributed by atoms with Gasteiger partial charge < -0.3 is 20.9 Å². The van der Waals surface area contributed by atoms with Crippen LogP contribution in [0.15, 0.2) is 36.4 Å². The van der Waals surface area contributed by atoms with Crippen molar-refractivity contribution in [3.8, 4) is 6.07 Å². The largest absolute Gasteiger partial charge is 0.417 e. The number of halogens is 3. The second-order valence-corrected chi connectivity index (χ2v) is 9.83. The number of nitrogens with zero attached hydrogens (tertiary/aromatic N) is 3. The molecule has 2 aromatic carbocycles. The molecule has 1 unspecified atom stereocenters. The van der Waals surface area contributed by atoms with Crippen LogP contribution in [-0.2, 0) is 11.0 Å². The maximum absolute atomic E-state index is 13.4. The molecule has 190 valence electrons. The SMILES string of the molecule is Cc1cc(C)cc(NC(=O)N2CC(C(N)=O)C3(CCN(c4ccc(C#N)c(C(F)(F)F)c4)CC3)C2)c1. The molecule has 2 aliphatic heterocycles. The number of aryl methyl sites for hydroxylation is 2. The van der Waals surface area contributed by atoms with Crippen LogP contribution in [0.1, 0.15) is 35.1 Å². The third-order valence-corrected chi connectivity index (χ3v) is 7.30. The molecule has 0 radical (unpaired) electrons. The van der Waals surface area contributed by atoms with Crippen molar-refractivity contribution >= 4 is 23.3 Å². The molecule has 10 heteroatoms. The van der Waals surface area contributed by atoms with Crippen LogP contribution in [0.2, 0.25) is 0 Å². The highest BCUT2D eigenvalue weighted by Gasteiger charge is 2.52. The Balaban J connectivity index is 1.49. The maximum Gasteiger partial charge on any atom is 0.417 e. The molecular formula is C26H28F3N5O2. The Bertz CT molecular complexity index is 1210. The Morgan fingerprint density at radius 3 is 2.31 bits per heavy atom. The predicted molar refractivity (Wildman–Crippen MR) is 129 cm³/mol. The van der Waals surface area contributed by atoms with E-state index >= 15 is 0 Å². The van der Waals surface area contributed by atoms with Crippen LogP contribution in [0.4, 0.5) is 29.3 Å². The molecule has 4 rings (SSSR count). The lowest BCUT2D eigenvalue weighted by atomic mass is 9.70. The summed E-state index contributed by atoms with van der Waals surface area (Å²) in [6.45, 7) is 5.22. The Kier molecular flexibility index (Phi) is 6.60. The third kappa shape index (κ3) is 4.96. The number of benzene rings is 2. The lowest BCUT2D eigenvalue weighted by Crippen LogP contribution is -2.47. The number of primary amides is 1. The number of likely N-dealkylation sites (tertiary alicyclic amines) is 1. The molecule has 2 saturated heterocycles. The number of hydrogen-bond donors (Lipinski definition) is 2. The summed E-state index contributed by atoms with van der Waals surface area (Å²) in [6.07, 6.45) is -3.64. The van der Waals surface area contributed by atoms with Gasteiger partial charge in [0.1, 0.15) is 0 Å². The van der Waals surface area contributed by atoms with Crippen LogP contribution < -0.4 is 16.0 Å². The van der Waals surface area contributed by atoms with Crippen molar-refractivity contribution in [2.24, 2.45) is 17.1 Å². The van der Waals surface area contributed by atoms with Crippen LogP contribution >= 0.6 is 0 Å². The number of nitriles is 1. The minimum Gasteiger partial charge on any atom is -0.371 e. The minimum atomic E-state index is -4.63. The topological polar surface area (TPSA) is 102 Å². The standard InChI is InChI=1S/C26H28F3N5O2/c1-16-9-17(2)11-19(10-16)32-24(36)34-14-22(23(31)35)25(15-34)5-7-33(8-6-25)20-4-3-18(13-30)21(12-20)26(27,28)29/h3-4,9-12,22H,5-8,14-15H2,1-2H3,(H2,31,35)(H,32,36). The summed E-state index contributed by atoms with van der Waals surface area (Å²) >= 11 is 0. The first-order chi connectivity index (χ1) is 16.9. The van der Waals surface area contributed by atoms with E-state index in [-0.39, 0.29) is 12.6 Å². The molecule has 3 amide bonds. The molecule has 2 aliphatic rings. The van der Waals surface area contributed by atoms with Crippen LogP contribution in [0, 0.1) is 36.5 Å². The van der Waals surface area contributed by atoms with E-state index < -0.39 is 34.5 Å². The number of anilines is 2. The molecule has 2 fully saturated rings. The molecule has 3 N–H and O–H groups in total. The molecular weight excluding hydrogens is 471 g/mol. The number of nitrogens with one attached hydrogen (secondary N) is 1. The highest BCUT2D eigenvalue weighted by molar-refractivity contribution is 5.91. The first-order valence-electron chi connectivity index (χ1n) is 11.7. The second-order valence-electron chi connectivity index (χ2n) is 9.83. The zero-order chi connectivity index (χ0) is 26.3. The van der Waals surface area contributed by atoms with Gasteiger partial charge in [0.25, 0.3) is 0 Å². The van der Waals surface area contributed by atoms with Gasteiger partial charge in [-0.05, 0) is 68.1 Å². The van der Waals surface area contributed by atoms with Crippen molar-refractivity contribution in [3.05, 3.63) is 58.7 Å². The average molecular weight is 500 g/mol. The number of nitrogens with two attached hydrogens (primary N) is 1. The summed E-state index contributed by atoms with van der Waals surface area (Å²) in [5, 5.41) is 12.0. The van der Waals surface area contributed by atoms with E-state index in [1.54, 1.807) is 11.0 Å². The summed E-state index contributed by atoms with van der Waals surface area (Å²) in [4.78, 5) is 28.8. The third-order valence-electron chi connectivity index (χ3n) is 7.30. The number of hydrogen-bond acceptors (Lipinski definition) is 4. The number of alkyl halides is 3. The summed E-state index contributed by atoms with van der Waals surface area (Å²) < 4.78 is 40.3. The molecule has 0 bridgehead atoms. The molecule has 1 spiro atoms. The van der Waals surface area contributed by atoms with Gasteiger partial charge in [-0.2, -0.15) is 18.4 Å². The maximum atomic E-state index is 13.4. The summed E-state index contributed by atoms with van der Waals surface area (Å²) in [5.41, 5.74) is 6.88. The van der Waals surface area contributed by atoms with E-state index in [9.17, 15) is 22.8 Å². The number of amides is 3. The number of urea groups is 1. The normalized spacial score (nSPS) is 19.3. The fourth-order valence-corrected chi connectivity index (χ4v) is 5.54. The van der Waals surface area contributed by atoms with Crippen molar-refractivity contribution in [3.63, 3.8) is 0 Å². The van der Waals surface area contributed by atoms with E-state index in [2.05, 4.69) is 5.32 Å². The molecule has 36 heavy (non-hydrogen) atoms. The fraction of sp³-hybridized carbons (Fsp3) is 0.423. The molecule has 0 aromatic heterocycles. The monoisotopic (exact) mass is 499 g/mol. The number of carbonyl (C=O) groups is 2. The van der Waals surface area contributed by atoms with Crippen molar-refractivity contribution in [2.45, 2.75) is 32.9 Å². The van der Waals surface area contributed by atoms with Crippen LogP contribution in [-0.4, -0.2) is 43.0 Å². The van der Waals surface area contributed by atoms with Gasteiger partial charge in [0, 0.05) is 43.0 Å². The van der Waals surface area contributed by atoms with E-state index in [4.69, 9.17) is 11.0 Å². The molecule has 0 saturated carbocycles. The van der Waals surface area contributed by atoms with Gasteiger partial charge in [-0.25, -0.2) is 4.79 Å². The lowest BCUT2D eigenvalue weighted by Gasteiger charge is -2.42. The average Bonchev–Trinajstić information content (AvgIpc) is 3.17. The Morgan fingerprint density at radius 2 is 1.75 bits per heavy atom. The lowest BCUT2D eigenvalue weighted by molar-refractivity contribution is -0.137. The van der Waals surface area contributed by atoms with Gasteiger partial charge in [0.2, 0.25) is 5.91 Å². The van der Waals surface area contributed by atoms with Crippen LogP contribution in [0.25, 0.3) is 0 Å². The highest BCUT2D eigenvalue weighted by Crippen LogP contribution is 2.46. The van der Waals surface area contributed by atoms with Crippen molar-refractivity contribution in [1.82, 2.24) is 4.90 Å². The van der Waals surface area contributed by atoms with Crippen molar-refractivity contribution in [2.75, 3.05) is 36.4 Å². The first-order valence-corrected chi connectivity index (χ1v) is 11.7. The van der Waals surface area contributed by atoms with Gasteiger partial charge in [-0.1, -0.05) is 6.07 Å². The van der Waals surface area contributed by atoms with Crippen LogP contribution in [0.5, 0.6) is 0 Å². The second kappa shape index (κ2) is 9.37. The smallest absolute Gasteiger partial charge is 0.371 e. The number of rotatable bonds is 3. The van der Waals surface area contributed by atoms with E-state index in [0.717, 1.165) is 17.2 Å². The van der Waals surface area contributed by atoms with Gasteiger partial charge in [0.15, 0.2) is 0 Å². The number of carbonyl (C=O) groups excluding carboxylic acids is 2. The summed E-state index contributed by atoms with van der Waals surface area (Å²) in [5.74, 6) is -1.03. The van der Waals surface area contributed by atoms with Gasteiger partial charge >= 0.3 is 12.2 Å².